The van der Waals surface area contributed by atoms with Gasteiger partial charge in [-0.1, -0.05) is 0 Å². The number of benzene rings is 2. The molecule has 0 heterocycles. The Morgan fingerprint density at radius 3 is 2.52 bits per heavy atom. The zero-order valence-corrected chi connectivity index (χ0v) is 14.2. The fraction of sp³-hybridized carbons (Fsp3) is 0.250. The number of nitrogens with one attached hydrogen (secondary N) is 1. The van der Waals surface area contributed by atoms with Crippen molar-refractivity contribution < 1.29 is 14.6 Å². The van der Waals surface area contributed by atoms with Crippen LogP contribution < -0.4 is 14.8 Å². The Morgan fingerprint density at radius 2 is 1.90 bits per heavy atom. The van der Waals surface area contributed by atoms with E-state index in [0.29, 0.717) is 18.9 Å². The Morgan fingerprint density at radius 1 is 1.19 bits per heavy atom. The van der Waals surface area contributed by atoms with E-state index in [-0.39, 0.29) is 5.75 Å². The molecule has 0 radical (unpaired) electrons. The average molecular weight is 399 g/mol. The molecule has 2 rings (SSSR count). The largest absolute Gasteiger partial charge is 0.504 e. The van der Waals surface area contributed by atoms with Crippen LogP contribution in [0.25, 0.3) is 0 Å². The second-order valence-corrected chi connectivity index (χ2v) is 5.60. The van der Waals surface area contributed by atoms with E-state index < -0.39 is 0 Å². The highest BCUT2D eigenvalue weighted by Crippen LogP contribution is 2.32. The predicted molar refractivity (Wildman–Crippen MR) is 92.3 cm³/mol. The molecule has 0 fully saturated rings. The first-order chi connectivity index (χ1) is 10.1. The summed E-state index contributed by atoms with van der Waals surface area (Å²) < 4.78 is 11.3. The van der Waals surface area contributed by atoms with Gasteiger partial charge in [0.2, 0.25) is 0 Å². The van der Waals surface area contributed by atoms with Crippen LogP contribution in [0.4, 0.5) is 5.69 Å². The Labute approximate surface area is 138 Å². The lowest BCUT2D eigenvalue weighted by molar-refractivity contribution is 0.340. The molecule has 2 N–H and O–H groups in total. The highest BCUT2D eigenvalue weighted by Gasteiger charge is 2.08. The van der Waals surface area contributed by atoms with Gasteiger partial charge in [-0.05, 0) is 71.5 Å². The summed E-state index contributed by atoms with van der Waals surface area (Å²) in [6.45, 7) is 3.28. The molecule has 2 aromatic carbocycles. The summed E-state index contributed by atoms with van der Waals surface area (Å²) in [5, 5.41) is 13.2. The van der Waals surface area contributed by atoms with E-state index in [1.807, 2.05) is 43.3 Å². The van der Waals surface area contributed by atoms with Crippen molar-refractivity contribution in [3.05, 3.63) is 45.5 Å². The van der Waals surface area contributed by atoms with Crippen LogP contribution in [0.5, 0.6) is 17.2 Å². The summed E-state index contributed by atoms with van der Waals surface area (Å²) in [5.41, 5.74) is 2.06. The highest BCUT2D eigenvalue weighted by molar-refractivity contribution is 14.1. The van der Waals surface area contributed by atoms with E-state index in [9.17, 15) is 5.11 Å². The smallest absolute Gasteiger partial charge is 0.171 e. The molecule has 0 aromatic heterocycles. The number of hydrogen-bond donors (Lipinski definition) is 2. The minimum atomic E-state index is 0.183. The van der Waals surface area contributed by atoms with E-state index in [1.54, 1.807) is 7.11 Å². The second kappa shape index (κ2) is 7.40. The Hall–Kier alpha value is -1.63. The van der Waals surface area contributed by atoms with Gasteiger partial charge in [0.25, 0.3) is 0 Å². The fourth-order valence-electron chi connectivity index (χ4n) is 1.92. The molecule has 0 unspecified atom stereocenters. The highest BCUT2D eigenvalue weighted by atomic mass is 127. The third kappa shape index (κ3) is 4.17. The maximum atomic E-state index is 9.82. The minimum absolute atomic E-state index is 0.183. The molecule has 0 spiro atoms. The van der Waals surface area contributed by atoms with Gasteiger partial charge in [-0.15, -0.1) is 0 Å². The first-order valence-corrected chi connectivity index (χ1v) is 7.74. The molecule has 0 saturated heterocycles. The summed E-state index contributed by atoms with van der Waals surface area (Å²) in [5.74, 6) is 1.54. The van der Waals surface area contributed by atoms with Gasteiger partial charge in [0.15, 0.2) is 11.5 Å². The number of aromatic hydroxyl groups is 1. The molecule has 4 nitrogen and oxygen atoms in total. The molecule has 0 bridgehead atoms. The number of ether oxygens (including phenoxy) is 2. The number of hydrogen-bond acceptors (Lipinski definition) is 4. The van der Waals surface area contributed by atoms with Crippen LogP contribution in [0, 0.1) is 3.57 Å². The van der Waals surface area contributed by atoms with Crippen molar-refractivity contribution in [3.63, 3.8) is 0 Å². The van der Waals surface area contributed by atoms with Gasteiger partial charge >= 0.3 is 0 Å². The van der Waals surface area contributed by atoms with Crippen LogP contribution in [0.1, 0.15) is 12.5 Å². The number of anilines is 1. The number of halogens is 1. The van der Waals surface area contributed by atoms with Crippen molar-refractivity contribution in [2.75, 3.05) is 19.0 Å². The zero-order chi connectivity index (χ0) is 15.2. The van der Waals surface area contributed by atoms with Crippen molar-refractivity contribution >= 4 is 28.3 Å². The third-order valence-corrected chi connectivity index (χ3v) is 3.79. The van der Waals surface area contributed by atoms with Crippen LogP contribution in [-0.2, 0) is 6.54 Å². The van der Waals surface area contributed by atoms with E-state index >= 15 is 0 Å². The van der Waals surface area contributed by atoms with E-state index in [0.717, 1.165) is 20.6 Å². The van der Waals surface area contributed by atoms with Gasteiger partial charge in [-0.25, -0.2) is 0 Å². The first-order valence-electron chi connectivity index (χ1n) is 6.66. The third-order valence-electron chi connectivity index (χ3n) is 2.97. The average Bonchev–Trinajstić information content (AvgIpc) is 2.50. The van der Waals surface area contributed by atoms with Gasteiger partial charge in [-0.3, -0.25) is 0 Å². The lowest BCUT2D eigenvalue weighted by atomic mass is 10.2. The van der Waals surface area contributed by atoms with Crippen molar-refractivity contribution in [1.29, 1.82) is 0 Å². The monoisotopic (exact) mass is 399 g/mol. The van der Waals surface area contributed by atoms with Crippen LogP contribution in [0.3, 0.4) is 0 Å². The van der Waals surface area contributed by atoms with Crippen molar-refractivity contribution in [2.24, 2.45) is 0 Å². The quantitative estimate of drug-likeness (QED) is 0.721. The van der Waals surface area contributed by atoms with Gasteiger partial charge in [0.1, 0.15) is 5.75 Å². The lowest BCUT2D eigenvalue weighted by Gasteiger charge is -2.11. The predicted octanol–water partition coefficient (Wildman–Crippen LogP) is 4.02. The fourth-order valence-corrected chi connectivity index (χ4v) is 2.59. The van der Waals surface area contributed by atoms with E-state index in [1.165, 1.54) is 0 Å². The molecular weight excluding hydrogens is 381 g/mol. The molecule has 0 aliphatic heterocycles. The molecule has 0 saturated carbocycles. The molecule has 0 amide bonds. The SMILES string of the molecule is CCOc1ccc(NCc2cc(I)c(O)c(OC)c2)cc1. The Balaban J connectivity index is 2.04. The summed E-state index contributed by atoms with van der Waals surface area (Å²) in [6.07, 6.45) is 0. The normalized spacial score (nSPS) is 10.2. The lowest BCUT2D eigenvalue weighted by Crippen LogP contribution is -2.01. The number of phenolic OH excluding ortho intramolecular Hbond substituents is 1. The second-order valence-electron chi connectivity index (χ2n) is 4.44. The molecule has 5 heteroatoms. The van der Waals surface area contributed by atoms with Gasteiger partial charge in [-0.2, -0.15) is 0 Å². The molecule has 0 atom stereocenters. The summed E-state index contributed by atoms with van der Waals surface area (Å²) in [6, 6.07) is 11.6. The molecule has 112 valence electrons. The number of rotatable bonds is 6. The van der Waals surface area contributed by atoms with Crippen LogP contribution >= 0.6 is 22.6 Å². The minimum Gasteiger partial charge on any atom is -0.504 e. The topological polar surface area (TPSA) is 50.7 Å². The summed E-state index contributed by atoms with van der Waals surface area (Å²) >= 11 is 2.09. The molecule has 2 aromatic rings. The molecule has 0 aliphatic carbocycles. The van der Waals surface area contributed by atoms with Gasteiger partial charge in [0.05, 0.1) is 17.3 Å². The maximum Gasteiger partial charge on any atom is 0.171 e. The van der Waals surface area contributed by atoms with Gasteiger partial charge < -0.3 is 19.9 Å². The van der Waals surface area contributed by atoms with Crippen LogP contribution in [0.15, 0.2) is 36.4 Å². The van der Waals surface area contributed by atoms with Crippen molar-refractivity contribution in [1.82, 2.24) is 0 Å². The first kappa shape index (κ1) is 15.8. The summed E-state index contributed by atoms with van der Waals surface area (Å²) in [4.78, 5) is 0. The van der Waals surface area contributed by atoms with Crippen molar-refractivity contribution in [3.8, 4) is 17.2 Å². The van der Waals surface area contributed by atoms with Crippen LogP contribution in [-0.4, -0.2) is 18.8 Å². The van der Waals surface area contributed by atoms with Crippen LogP contribution in [0.2, 0.25) is 0 Å². The number of phenols is 1. The van der Waals surface area contributed by atoms with Crippen molar-refractivity contribution in [2.45, 2.75) is 13.5 Å². The van der Waals surface area contributed by atoms with E-state index in [2.05, 4.69) is 27.9 Å². The Bertz CT molecular complexity index is 599. The molecule has 21 heavy (non-hydrogen) atoms. The zero-order valence-electron chi connectivity index (χ0n) is 12.0. The maximum absolute atomic E-state index is 9.82. The molecular formula is C16H18INO3. The molecule has 0 aliphatic rings. The van der Waals surface area contributed by atoms with E-state index in [4.69, 9.17) is 9.47 Å². The summed E-state index contributed by atoms with van der Waals surface area (Å²) in [7, 11) is 1.55. The number of methoxy groups -OCH3 is 1. The van der Waals surface area contributed by atoms with Gasteiger partial charge in [0, 0.05) is 12.2 Å². The Kier molecular flexibility index (Phi) is 5.55. The standard InChI is InChI=1S/C16H18INO3/c1-3-21-13-6-4-12(5-7-13)18-10-11-8-14(17)16(19)15(9-11)20-2/h4-9,18-19H,3,10H2,1-2H3.